The van der Waals surface area contributed by atoms with Crippen molar-refractivity contribution >= 4 is 11.9 Å². The summed E-state index contributed by atoms with van der Waals surface area (Å²) in [5, 5.41) is 16.5. The van der Waals surface area contributed by atoms with Crippen LogP contribution in [0.25, 0.3) is 0 Å². The molecule has 16 heavy (non-hydrogen) atoms. The molecule has 0 spiro atoms. The number of hydrogen-bond donors (Lipinski definition) is 1. The zero-order chi connectivity index (χ0) is 11.8. The van der Waals surface area contributed by atoms with Crippen molar-refractivity contribution < 1.29 is 19.4 Å². The monoisotopic (exact) mass is 225 g/mol. The van der Waals surface area contributed by atoms with E-state index in [4.69, 9.17) is 9.84 Å². The van der Waals surface area contributed by atoms with Gasteiger partial charge in [0.1, 0.15) is 12.3 Å². The normalized spacial score (nSPS) is 16.8. The van der Waals surface area contributed by atoms with Crippen molar-refractivity contribution in [2.75, 3.05) is 0 Å². The molecule has 1 aromatic heterocycles. The average Bonchev–Trinajstić information content (AvgIpc) is 2.90. The van der Waals surface area contributed by atoms with E-state index in [-0.39, 0.29) is 6.61 Å². The molecule has 0 aliphatic heterocycles. The number of rotatable bonds is 4. The number of aromatic nitrogens is 3. The maximum absolute atomic E-state index is 11.0. The fourth-order valence-electron chi connectivity index (χ4n) is 1.41. The summed E-state index contributed by atoms with van der Waals surface area (Å²) in [5.74, 6) is -1.31. The molecule has 1 fully saturated rings. The lowest BCUT2D eigenvalue weighted by atomic mass is 10.3. The van der Waals surface area contributed by atoms with E-state index in [2.05, 4.69) is 10.3 Å². The van der Waals surface area contributed by atoms with Crippen LogP contribution in [-0.2, 0) is 26.5 Å². The van der Waals surface area contributed by atoms with Crippen LogP contribution < -0.4 is 0 Å². The molecule has 1 heterocycles. The first-order valence-electron chi connectivity index (χ1n) is 4.83. The smallest absolute Gasteiger partial charge is 0.331 e. The Hall–Kier alpha value is -1.92. The van der Waals surface area contributed by atoms with Crippen LogP contribution in [0.4, 0.5) is 0 Å². The highest BCUT2D eigenvalue weighted by Crippen LogP contribution is 2.43. The molecule has 1 aromatic rings. The van der Waals surface area contributed by atoms with Gasteiger partial charge in [0.15, 0.2) is 5.54 Å². The van der Waals surface area contributed by atoms with Gasteiger partial charge < -0.3 is 9.84 Å². The Bertz CT molecular complexity index is 436. The van der Waals surface area contributed by atoms with E-state index in [0.717, 1.165) is 0 Å². The molecule has 0 amide bonds. The van der Waals surface area contributed by atoms with Gasteiger partial charge in [-0.25, -0.2) is 9.48 Å². The van der Waals surface area contributed by atoms with Gasteiger partial charge in [0.05, 0.1) is 6.20 Å². The minimum Gasteiger partial charge on any atom is -0.479 e. The third-order valence-electron chi connectivity index (χ3n) is 2.52. The second-order valence-electron chi connectivity index (χ2n) is 3.77. The summed E-state index contributed by atoms with van der Waals surface area (Å²) < 4.78 is 6.06. The third kappa shape index (κ3) is 1.75. The molecule has 86 valence electrons. The number of carbonyl (C=O) groups is 2. The van der Waals surface area contributed by atoms with Gasteiger partial charge >= 0.3 is 11.9 Å². The van der Waals surface area contributed by atoms with Crippen LogP contribution in [0.3, 0.4) is 0 Å². The van der Waals surface area contributed by atoms with Crippen molar-refractivity contribution in [2.24, 2.45) is 0 Å². The van der Waals surface area contributed by atoms with Crippen molar-refractivity contribution in [1.29, 1.82) is 0 Å². The number of carboxylic acids is 1. The van der Waals surface area contributed by atoms with E-state index in [1.165, 1.54) is 17.8 Å². The minimum absolute atomic E-state index is 0.0189. The zero-order valence-corrected chi connectivity index (χ0v) is 8.71. The molecule has 7 heteroatoms. The van der Waals surface area contributed by atoms with E-state index < -0.39 is 17.5 Å². The predicted molar refractivity (Wildman–Crippen MR) is 50.3 cm³/mol. The molecule has 0 bridgehead atoms. The van der Waals surface area contributed by atoms with Crippen LogP contribution in [0.1, 0.15) is 25.5 Å². The van der Waals surface area contributed by atoms with Crippen molar-refractivity contribution in [3.05, 3.63) is 11.9 Å². The SMILES string of the molecule is CC(=O)OCc1cn(C2(C(=O)O)CC2)nn1. The molecular weight excluding hydrogens is 214 g/mol. The number of ether oxygens (including phenoxy) is 1. The van der Waals surface area contributed by atoms with Gasteiger partial charge in [-0.3, -0.25) is 4.79 Å². The van der Waals surface area contributed by atoms with Crippen LogP contribution >= 0.6 is 0 Å². The number of carboxylic acid groups (broad SMARTS) is 1. The molecule has 1 aliphatic rings. The number of esters is 1. The quantitative estimate of drug-likeness (QED) is 0.720. The van der Waals surface area contributed by atoms with Crippen LogP contribution in [0, 0.1) is 0 Å². The Kier molecular flexibility index (Phi) is 2.37. The van der Waals surface area contributed by atoms with Crippen molar-refractivity contribution in [2.45, 2.75) is 31.9 Å². The molecular formula is C9H11N3O4. The highest BCUT2D eigenvalue weighted by Gasteiger charge is 2.53. The largest absolute Gasteiger partial charge is 0.479 e. The molecule has 0 radical (unpaired) electrons. The van der Waals surface area contributed by atoms with Crippen LogP contribution in [0.5, 0.6) is 0 Å². The number of hydrogen-bond acceptors (Lipinski definition) is 5. The van der Waals surface area contributed by atoms with E-state index in [1.807, 2.05) is 0 Å². The summed E-state index contributed by atoms with van der Waals surface area (Å²) in [6, 6.07) is 0. The second-order valence-corrected chi connectivity index (χ2v) is 3.77. The van der Waals surface area contributed by atoms with E-state index in [1.54, 1.807) is 0 Å². The van der Waals surface area contributed by atoms with Crippen LogP contribution in [0.2, 0.25) is 0 Å². The number of carbonyl (C=O) groups excluding carboxylic acids is 1. The Morgan fingerprint density at radius 1 is 1.62 bits per heavy atom. The van der Waals surface area contributed by atoms with Crippen LogP contribution in [0.15, 0.2) is 6.20 Å². The van der Waals surface area contributed by atoms with Gasteiger partial charge in [-0.05, 0) is 12.8 Å². The topological polar surface area (TPSA) is 94.3 Å². The zero-order valence-electron chi connectivity index (χ0n) is 8.71. The molecule has 0 atom stereocenters. The molecule has 1 N–H and O–H groups in total. The second kappa shape index (κ2) is 3.58. The lowest BCUT2D eigenvalue weighted by Gasteiger charge is -2.07. The first-order chi connectivity index (χ1) is 7.54. The summed E-state index contributed by atoms with van der Waals surface area (Å²) in [4.78, 5) is 21.6. The number of aliphatic carboxylic acids is 1. The highest BCUT2D eigenvalue weighted by molar-refractivity contribution is 5.79. The third-order valence-corrected chi connectivity index (χ3v) is 2.52. The predicted octanol–water partition coefficient (Wildman–Crippen LogP) is -0.0851. The van der Waals surface area contributed by atoms with Crippen LogP contribution in [-0.4, -0.2) is 32.0 Å². The van der Waals surface area contributed by atoms with E-state index >= 15 is 0 Å². The average molecular weight is 225 g/mol. The van der Waals surface area contributed by atoms with Crippen molar-refractivity contribution in [3.8, 4) is 0 Å². The van der Waals surface area contributed by atoms with E-state index in [9.17, 15) is 9.59 Å². The fraction of sp³-hybridized carbons (Fsp3) is 0.556. The Balaban J connectivity index is 2.08. The maximum Gasteiger partial charge on any atom is 0.331 e. The standard InChI is InChI=1S/C9H11N3O4/c1-6(13)16-5-7-4-12(11-10-7)9(2-3-9)8(14)15/h4H,2-3,5H2,1H3,(H,14,15). The lowest BCUT2D eigenvalue weighted by Crippen LogP contribution is -2.27. The summed E-state index contributed by atoms with van der Waals surface area (Å²) in [6.07, 6.45) is 2.61. The van der Waals surface area contributed by atoms with E-state index in [0.29, 0.717) is 18.5 Å². The molecule has 0 aromatic carbocycles. The van der Waals surface area contributed by atoms with Gasteiger partial charge in [-0.2, -0.15) is 0 Å². The molecule has 7 nitrogen and oxygen atoms in total. The molecule has 1 saturated carbocycles. The summed E-state index contributed by atoms with van der Waals surface area (Å²) in [6.45, 7) is 1.31. The van der Waals surface area contributed by atoms with Gasteiger partial charge in [0.2, 0.25) is 0 Å². The lowest BCUT2D eigenvalue weighted by molar-refractivity contribution is -0.143. The Labute approximate surface area is 91.0 Å². The van der Waals surface area contributed by atoms with Crippen molar-refractivity contribution in [3.63, 3.8) is 0 Å². The number of nitrogens with zero attached hydrogens (tertiary/aromatic N) is 3. The highest BCUT2D eigenvalue weighted by atomic mass is 16.5. The summed E-state index contributed by atoms with van der Waals surface area (Å²) in [5.41, 5.74) is -0.482. The van der Waals surface area contributed by atoms with Gasteiger partial charge in [-0.15, -0.1) is 5.10 Å². The first-order valence-corrected chi connectivity index (χ1v) is 4.83. The fourth-order valence-corrected chi connectivity index (χ4v) is 1.41. The molecule has 2 rings (SSSR count). The van der Waals surface area contributed by atoms with Gasteiger partial charge in [0, 0.05) is 6.92 Å². The maximum atomic E-state index is 11.0. The minimum atomic E-state index is -0.929. The van der Waals surface area contributed by atoms with Gasteiger partial charge in [0.25, 0.3) is 0 Å². The summed E-state index contributed by atoms with van der Waals surface area (Å²) >= 11 is 0. The Morgan fingerprint density at radius 3 is 2.81 bits per heavy atom. The molecule has 0 unspecified atom stereocenters. The van der Waals surface area contributed by atoms with Gasteiger partial charge in [-0.1, -0.05) is 5.21 Å². The van der Waals surface area contributed by atoms with Crippen molar-refractivity contribution in [1.82, 2.24) is 15.0 Å². The first kappa shape index (κ1) is 10.6. The Morgan fingerprint density at radius 2 is 2.31 bits per heavy atom. The molecule has 0 saturated heterocycles. The summed E-state index contributed by atoms with van der Waals surface area (Å²) in [7, 11) is 0. The molecule has 1 aliphatic carbocycles.